The van der Waals surface area contributed by atoms with Gasteiger partial charge in [0.2, 0.25) is 15.9 Å². The van der Waals surface area contributed by atoms with E-state index >= 15 is 0 Å². The number of benzene rings is 3. The first kappa shape index (κ1) is 28.6. The Balaban J connectivity index is 1.48. The number of rotatable bonds is 8. The summed E-state index contributed by atoms with van der Waals surface area (Å²) in [5.41, 5.74) is 4.03. The third-order valence-electron chi connectivity index (χ3n) is 6.86. The highest BCUT2D eigenvalue weighted by Crippen LogP contribution is 2.39. The molecule has 0 spiro atoms. The van der Waals surface area contributed by atoms with E-state index in [2.05, 4.69) is 30.5 Å². The summed E-state index contributed by atoms with van der Waals surface area (Å²) in [5.74, 6) is -0.535. The summed E-state index contributed by atoms with van der Waals surface area (Å²) < 4.78 is 27.0. The van der Waals surface area contributed by atoms with E-state index in [0.717, 1.165) is 38.0 Å². The van der Waals surface area contributed by atoms with E-state index in [9.17, 15) is 18.0 Å². The van der Waals surface area contributed by atoms with Gasteiger partial charge in [-0.05, 0) is 42.9 Å². The van der Waals surface area contributed by atoms with Gasteiger partial charge in [-0.1, -0.05) is 48.0 Å². The second-order valence-corrected chi connectivity index (χ2v) is 12.3. The van der Waals surface area contributed by atoms with Gasteiger partial charge in [-0.2, -0.15) is 0 Å². The Morgan fingerprint density at radius 2 is 1.68 bits per heavy atom. The van der Waals surface area contributed by atoms with Crippen LogP contribution in [0.4, 0.5) is 22.7 Å². The van der Waals surface area contributed by atoms with Crippen LogP contribution < -0.4 is 20.7 Å². The van der Waals surface area contributed by atoms with Gasteiger partial charge in [0, 0.05) is 42.5 Å². The largest absolute Gasteiger partial charge is 0.354 e. The van der Waals surface area contributed by atoms with Crippen LogP contribution in [-0.4, -0.2) is 76.1 Å². The van der Waals surface area contributed by atoms with E-state index in [-0.39, 0.29) is 24.0 Å². The maximum Gasteiger partial charge on any atom is 0.258 e. The zero-order chi connectivity index (χ0) is 29.1. The lowest BCUT2D eigenvalue weighted by Gasteiger charge is -2.31. The minimum absolute atomic E-state index is 0.199. The van der Waals surface area contributed by atoms with Crippen molar-refractivity contribution in [3.05, 3.63) is 82.9 Å². The molecule has 0 unspecified atom stereocenters. The van der Waals surface area contributed by atoms with Crippen LogP contribution in [0.25, 0.3) is 11.3 Å². The predicted octanol–water partition coefficient (Wildman–Crippen LogP) is 3.83. The number of hydrogen-bond donors (Lipinski definition) is 4. The van der Waals surface area contributed by atoms with Crippen LogP contribution in [0.1, 0.15) is 11.1 Å². The van der Waals surface area contributed by atoms with E-state index in [0.29, 0.717) is 38.9 Å². The fraction of sp³-hybridized carbons (Fsp3) is 0.241. The molecule has 1 fully saturated rings. The van der Waals surface area contributed by atoms with Gasteiger partial charge >= 0.3 is 0 Å². The molecule has 0 aliphatic carbocycles. The van der Waals surface area contributed by atoms with E-state index in [1.165, 1.54) is 0 Å². The third kappa shape index (κ3) is 7.06. The van der Waals surface area contributed by atoms with Gasteiger partial charge in [-0.3, -0.25) is 19.2 Å². The van der Waals surface area contributed by atoms with Crippen molar-refractivity contribution in [1.82, 2.24) is 9.80 Å². The summed E-state index contributed by atoms with van der Waals surface area (Å²) in [4.78, 5) is 30.3. The topological polar surface area (TPSA) is 123 Å². The number of hydrogen-bond acceptors (Lipinski definition) is 7. The maximum atomic E-state index is 13.2. The Bertz CT molecular complexity index is 1620. The molecule has 3 aromatic carbocycles. The molecule has 0 saturated carbocycles. The summed E-state index contributed by atoms with van der Waals surface area (Å²) in [6, 6.07) is 19.5. The summed E-state index contributed by atoms with van der Waals surface area (Å²) in [6.07, 6.45) is 1.05. The second-order valence-electron chi connectivity index (χ2n) is 10.1. The van der Waals surface area contributed by atoms with Gasteiger partial charge in [-0.15, -0.1) is 0 Å². The number of amides is 2. The normalized spacial score (nSPS) is 17.0. The van der Waals surface area contributed by atoms with Crippen molar-refractivity contribution in [2.24, 2.45) is 0 Å². The van der Waals surface area contributed by atoms with E-state index in [1.807, 2.05) is 37.4 Å². The molecule has 2 aliphatic heterocycles. The number of carbonyl (C=O) groups excluding carboxylic acids is 2. The number of carbonyl (C=O) groups is 2. The number of piperazine rings is 1. The van der Waals surface area contributed by atoms with Gasteiger partial charge in [0.05, 0.1) is 41.1 Å². The minimum Gasteiger partial charge on any atom is -0.354 e. The predicted molar refractivity (Wildman–Crippen MR) is 164 cm³/mol. The molecule has 214 valence electrons. The SMILES string of the molecule is CN1CCN(CC(=O)Nc2ccc(NC(=C3C(=O)Nc4cc(Cl)ccc43)c3ccccc3)cc2NS(C)(=O)=O)CC1. The summed E-state index contributed by atoms with van der Waals surface area (Å²) in [5, 5.41) is 9.54. The molecule has 0 atom stereocenters. The zero-order valence-corrected chi connectivity index (χ0v) is 24.3. The van der Waals surface area contributed by atoms with Gasteiger partial charge < -0.3 is 20.9 Å². The molecule has 2 amide bonds. The first-order valence-electron chi connectivity index (χ1n) is 13.1. The smallest absolute Gasteiger partial charge is 0.258 e. The highest BCUT2D eigenvalue weighted by Gasteiger charge is 2.29. The molecule has 0 radical (unpaired) electrons. The Kier molecular flexibility index (Phi) is 8.32. The lowest BCUT2D eigenvalue weighted by molar-refractivity contribution is -0.117. The van der Waals surface area contributed by atoms with E-state index in [1.54, 1.807) is 36.4 Å². The van der Waals surface area contributed by atoms with Crippen molar-refractivity contribution in [1.29, 1.82) is 0 Å². The Hall–Kier alpha value is -3.90. The van der Waals surface area contributed by atoms with Crippen LogP contribution in [0, 0.1) is 0 Å². The lowest BCUT2D eigenvalue weighted by Crippen LogP contribution is -2.47. The molecule has 3 aromatic rings. The Morgan fingerprint density at radius 3 is 2.39 bits per heavy atom. The quantitative estimate of drug-likeness (QED) is 0.292. The Labute approximate surface area is 244 Å². The molecule has 12 heteroatoms. The standard InChI is InChI=1S/C29H31ClN6O4S/c1-35-12-14-36(15-13-35)18-26(37)32-23-11-9-21(17-25(23)34-41(2,39)40)31-28(19-6-4-3-5-7-19)27-22-10-8-20(30)16-24(22)33-29(27)38/h3-11,16-17,31,34H,12-15,18H2,1-2H3,(H,32,37)(H,33,38). The van der Waals surface area contributed by atoms with Crippen LogP contribution >= 0.6 is 11.6 Å². The Morgan fingerprint density at radius 1 is 0.951 bits per heavy atom. The highest BCUT2D eigenvalue weighted by atomic mass is 35.5. The van der Waals surface area contributed by atoms with Crippen molar-refractivity contribution in [3.8, 4) is 0 Å². The van der Waals surface area contributed by atoms with Gasteiger partial charge in [-0.25, -0.2) is 8.42 Å². The number of halogens is 1. The van der Waals surface area contributed by atoms with E-state index in [4.69, 9.17) is 11.6 Å². The molecule has 2 heterocycles. The number of sulfonamides is 1. The highest BCUT2D eigenvalue weighted by molar-refractivity contribution is 7.92. The van der Waals surface area contributed by atoms with Crippen LogP contribution in [0.2, 0.25) is 5.02 Å². The van der Waals surface area contributed by atoms with Crippen LogP contribution in [-0.2, 0) is 19.6 Å². The summed E-state index contributed by atoms with van der Waals surface area (Å²) in [6.45, 7) is 3.52. The van der Waals surface area contributed by atoms with Crippen LogP contribution in [0.5, 0.6) is 0 Å². The summed E-state index contributed by atoms with van der Waals surface area (Å²) >= 11 is 6.15. The lowest BCUT2D eigenvalue weighted by atomic mass is 10.00. The van der Waals surface area contributed by atoms with Crippen molar-refractivity contribution >= 4 is 67.5 Å². The number of nitrogens with zero attached hydrogens (tertiary/aromatic N) is 2. The van der Waals surface area contributed by atoms with Crippen molar-refractivity contribution in [2.75, 3.05) is 66.7 Å². The molecule has 2 aliphatic rings. The fourth-order valence-electron chi connectivity index (χ4n) is 4.84. The monoisotopic (exact) mass is 594 g/mol. The van der Waals surface area contributed by atoms with Crippen molar-refractivity contribution in [3.63, 3.8) is 0 Å². The van der Waals surface area contributed by atoms with Crippen molar-refractivity contribution < 1.29 is 18.0 Å². The van der Waals surface area contributed by atoms with E-state index < -0.39 is 10.0 Å². The number of anilines is 4. The molecule has 1 saturated heterocycles. The summed E-state index contributed by atoms with van der Waals surface area (Å²) in [7, 11) is -1.62. The second kappa shape index (κ2) is 11.9. The number of fused-ring (bicyclic) bond motifs is 1. The molecule has 10 nitrogen and oxygen atoms in total. The van der Waals surface area contributed by atoms with Crippen LogP contribution in [0.3, 0.4) is 0 Å². The van der Waals surface area contributed by atoms with Gasteiger partial charge in [0.1, 0.15) is 0 Å². The first-order chi connectivity index (χ1) is 19.6. The molecule has 4 N–H and O–H groups in total. The number of likely N-dealkylation sites (N-methyl/N-ethyl adjacent to an activating group) is 1. The average molecular weight is 595 g/mol. The minimum atomic E-state index is -3.67. The molecule has 5 rings (SSSR count). The molecule has 0 aromatic heterocycles. The van der Waals surface area contributed by atoms with Crippen molar-refractivity contribution in [2.45, 2.75) is 0 Å². The maximum absolute atomic E-state index is 13.2. The molecule has 0 bridgehead atoms. The molecular weight excluding hydrogens is 564 g/mol. The van der Waals surface area contributed by atoms with Crippen LogP contribution in [0.15, 0.2) is 66.7 Å². The number of nitrogens with one attached hydrogen (secondary N) is 4. The van der Waals surface area contributed by atoms with Gasteiger partial charge in [0.25, 0.3) is 5.91 Å². The average Bonchev–Trinajstić information content (AvgIpc) is 3.24. The molecular formula is C29H31ClN6O4S. The molecule has 41 heavy (non-hydrogen) atoms. The third-order valence-corrected chi connectivity index (χ3v) is 7.69. The zero-order valence-electron chi connectivity index (χ0n) is 22.7. The fourth-order valence-corrected chi connectivity index (χ4v) is 5.58. The van der Waals surface area contributed by atoms with Gasteiger partial charge in [0.15, 0.2) is 0 Å². The first-order valence-corrected chi connectivity index (χ1v) is 15.3.